The molecule has 1 saturated carbocycles. The smallest absolute Gasteiger partial charge is 0.329 e. The van der Waals surface area contributed by atoms with Crippen LogP contribution in [0.1, 0.15) is 26.7 Å². The van der Waals surface area contributed by atoms with Gasteiger partial charge in [0.25, 0.3) is 0 Å². The first kappa shape index (κ1) is 12.5. The average molecular weight is 226 g/mol. The maximum Gasteiger partial charge on any atom is 0.329 e. The van der Waals surface area contributed by atoms with Crippen LogP contribution in [0.15, 0.2) is 12.7 Å². The maximum atomic E-state index is 11.5. The van der Waals surface area contributed by atoms with Crippen molar-refractivity contribution >= 4 is 12.0 Å². The van der Waals surface area contributed by atoms with Gasteiger partial charge in [-0.2, -0.15) is 0 Å². The molecule has 2 amide bonds. The van der Waals surface area contributed by atoms with E-state index in [0.717, 1.165) is 12.8 Å². The summed E-state index contributed by atoms with van der Waals surface area (Å²) in [5.41, 5.74) is -1.16. The van der Waals surface area contributed by atoms with Gasteiger partial charge >= 0.3 is 12.0 Å². The fraction of sp³-hybridized carbons (Fsp3) is 0.636. The van der Waals surface area contributed by atoms with Crippen molar-refractivity contribution in [2.24, 2.45) is 5.92 Å². The van der Waals surface area contributed by atoms with E-state index in [1.165, 1.54) is 0 Å². The lowest BCUT2D eigenvalue weighted by Gasteiger charge is -2.26. The van der Waals surface area contributed by atoms with Crippen LogP contribution in [0.25, 0.3) is 0 Å². The summed E-state index contributed by atoms with van der Waals surface area (Å²) in [6.45, 7) is 6.85. The summed E-state index contributed by atoms with van der Waals surface area (Å²) in [6, 6.07) is -0.651. The number of nitrogens with one attached hydrogen (secondary N) is 2. The first-order chi connectivity index (χ1) is 7.40. The van der Waals surface area contributed by atoms with E-state index in [1.807, 2.05) is 0 Å². The van der Waals surface area contributed by atoms with E-state index < -0.39 is 17.5 Å². The van der Waals surface area contributed by atoms with E-state index >= 15 is 0 Å². The molecule has 0 aliphatic heterocycles. The summed E-state index contributed by atoms with van der Waals surface area (Å²) in [4.78, 5) is 22.7. The highest BCUT2D eigenvalue weighted by molar-refractivity contribution is 5.86. The second kappa shape index (κ2) is 4.55. The van der Waals surface area contributed by atoms with Gasteiger partial charge in [-0.3, -0.25) is 0 Å². The van der Waals surface area contributed by atoms with Crippen LogP contribution < -0.4 is 10.6 Å². The second-order valence-electron chi connectivity index (χ2n) is 4.40. The standard InChI is InChI=1S/C11H18N2O3/c1-4-7(2)12-10(16)13-11(3,9(14)15)8-5-6-8/h4,7-8H,1,5-6H2,2-3H3,(H,14,15)(H2,12,13,16). The zero-order valence-corrected chi connectivity index (χ0v) is 9.62. The molecule has 1 rings (SSSR count). The summed E-state index contributed by atoms with van der Waals surface area (Å²) in [5, 5.41) is 14.2. The van der Waals surface area contributed by atoms with Crippen LogP contribution in [0.5, 0.6) is 0 Å². The van der Waals surface area contributed by atoms with Crippen LogP contribution in [0.3, 0.4) is 0 Å². The van der Waals surface area contributed by atoms with E-state index in [4.69, 9.17) is 5.11 Å². The van der Waals surface area contributed by atoms with E-state index in [1.54, 1.807) is 19.9 Å². The predicted octanol–water partition coefficient (Wildman–Crippen LogP) is 1.11. The molecule has 5 heteroatoms. The Labute approximate surface area is 94.9 Å². The SMILES string of the molecule is C=CC(C)NC(=O)NC(C)(C(=O)O)C1CC1. The highest BCUT2D eigenvalue weighted by Crippen LogP contribution is 2.39. The van der Waals surface area contributed by atoms with E-state index in [2.05, 4.69) is 17.2 Å². The van der Waals surface area contributed by atoms with Gasteiger partial charge in [0, 0.05) is 6.04 Å². The molecule has 16 heavy (non-hydrogen) atoms. The van der Waals surface area contributed by atoms with Gasteiger partial charge in [-0.05, 0) is 32.6 Å². The number of rotatable bonds is 5. The summed E-state index contributed by atoms with van der Waals surface area (Å²) >= 11 is 0. The Bertz CT molecular complexity index is 312. The van der Waals surface area contributed by atoms with Gasteiger partial charge in [0.2, 0.25) is 0 Å². The fourth-order valence-electron chi connectivity index (χ4n) is 1.53. The minimum absolute atomic E-state index is 0.0368. The van der Waals surface area contributed by atoms with Crippen molar-refractivity contribution in [1.82, 2.24) is 10.6 Å². The Kier molecular flexibility index (Phi) is 3.57. The average Bonchev–Trinajstić information content (AvgIpc) is 2.99. The number of carbonyl (C=O) groups excluding carboxylic acids is 1. The highest BCUT2D eigenvalue weighted by atomic mass is 16.4. The van der Waals surface area contributed by atoms with Crippen LogP contribution in [0, 0.1) is 5.92 Å². The Balaban J connectivity index is 2.59. The number of amides is 2. The summed E-state index contributed by atoms with van der Waals surface area (Å²) in [6.07, 6.45) is 3.27. The third-order valence-electron chi connectivity index (χ3n) is 2.92. The Morgan fingerprint density at radius 2 is 2.12 bits per heavy atom. The molecule has 3 N–H and O–H groups in total. The normalized spacial score (nSPS) is 20.4. The van der Waals surface area contributed by atoms with Gasteiger partial charge in [0.15, 0.2) is 0 Å². The second-order valence-corrected chi connectivity index (χ2v) is 4.40. The maximum absolute atomic E-state index is 11.5. The quantitative estimate of drug-likeness (QED) is 0.614. The van der Waals surface area contributed by atoms with Crippen molar-refractivity contribution < 1.29 is 14.7 Å². The predicted molar refractivity (Wildman–Crippen MR) is 60.1 cm³/mol. The molecule has 1 aliphatic carbocycles. The van der Waals surface area contributed by atoms with Gasteiger partial charge in [0.1, 0.15) is 5.54 Å². The topological polar surface area (TPSA) is 78.4 Å². The third kappa shape index (κ3) is 2.74. The zero-order chi connectivity index (χ0) is 12.3. The number of urea groups is 1. The number of carboxylic acids is 1. The molecule has 0 aromatic rings. The lowest BCUT2D eigenvalue weighted by molar-refractivity contribution is -0.144. The molecule has 1 fully saturated rings. The third-order valence-corrected chi connectivity index (χ3v) is 2.92. The van der Waals surface area contributed by atoms with Crippen molar-refractivity contribution in [3.8, 4) is 0 Å². The molecule has 0 spiro atoms. The minimum Gasteiger partial charge on any atom is -0.480 e. The Morgan fingerprint density at radius 1 is 1.56 bits per heavy atom. The number of carboxylic acid groups (broad SMARTS) is 1. The monoisotopic (exact) mass is 226 g/mol. The van der Waals surface area contributed by atoms with Gasteiger partial charge in [-0.1, -0.05) is 6.08 Å². The number of carbonyl (C=O) groups is 2. The molecular formula is C11H18N2O3. The molecule has 1 aliphatic rings. The van der Waals surface area contributed by atoms with Crippen LogP contribution in [-0.4, -0.2) is 28.7 Å². The van der Waals surface area contributed by atoms with Crippen LogP contribution >= 0.6 is 0 Å². The van der Waals surface area contributed by atoms with E-state index in [-0.39, 0.29) is 12.0 Å². The number of hydrogen-bond donors (Lipinski definition) is 3. The van der Waals surface area contributed by atoms with E-state index in [9.17, 15) is 9.59 Å². The fourth-order valence-corrected chi connectivity index (χ4v) is 1.53. The van der Waals surface area contributed by atoms with Crippen LogP contribution in [-0.2, 0) is 4.79 Å². The largest absolute Gasteiger partial charge is 0.480 e. The highest BCUT2D eigenvalue weighted by Gasteiger charge is 2.48. The molecule has 0 aromatic carbocycles. The lowest BCUT2D eigenvalue weighted by Crippen LogP contribution is -2.57. The first-order valence-corrected chi connectivity index (χ1v) is 5.34. The van der Waals surface area contributed by atoms with Gasteiger partial charge in [-0.25, -0.2) is 9.59 Å². The van der Waals surface area contributed by atoms with E-state index in [0.29, 0.717) is 0 Å². The molecule has 0 saturated heterocycles. The van der Waals surface area contributed by atoms with Gasteiger partial charge in [0.05, 0.1) is 0 Å². The van der Waals surface area contributed by atoms with Crippen molar-refractivity contribution in [3.05, 3.63) is 12.7 Å². The molecule has 0 radical (unpaired) electrons. The summed E-state index contributed by atoms with van der Waals surface area (Å²) in [5.74, 6) is -0.953. The van der Waals surface area contributed by atoms with Gasteiger partial charge < -0.3 is 15.7 Å². The molecule has 0 aromatic heterocycles. The van der Waals surface area contributed by atoms with Crippen molar-refractivity contribution in [2.75, 3.05) is 0 Å². The van der Waals surface area contributed by atoms with Crippen LogP contribution in [0.2, 0.25) is 0 Å². The number of hydrogen-bond acceptors (Lipinski definition) is 2. The molecule has 5 nitrogen and oxygen atoms in total. The Morgan fingerprint density at radius 3 is 2.50 bits per heavy atom. The number of aliphatic carboxylic acids is 1. The molecule has 2 atom stereocenters. The molecule has 0 heterocycles. The molecular weight excluding hydrogens is 208 g/mol. The van der Waals surface area contributed by atoms with Crippen molar-refractivity contribution in [2.45, 2.75) is 38.3 Å². The molecule has 90 valence electrons. The first-order valence-electron chi connectivity index (χ1n) is 5.34. The van der Waals surface area contributed by atoms with Crippen molar-refractivity contribution in [1.29, 1.82) is 0 Å². The summed E-state index contributed by atoms with van der Waals surface area (Å²) in [7, 11) is 0. The molecule has 2 unspecified atom stereocenters. The van der Waals surface area contributed by atoms with Crippen molar-refractivity contribution in [3.63, 3.8) is 0 Å². The zero-order valence-electron chi connectivity index (χ0n) is 9.62. The Hall–Kier alpha value is -1.52. The summed E-state index contributed by atoms with van der Waals surface area (Å²) < 4.78 is 0. The molecule has 0 bridgehead atoms. The minimum atomic E-state index is -1.16. The van der Waals surface area contributed by atoms with Crippen LogP contribution in [0.4, 0.5) is 4.79 Å². The lowest BCUT2D eigenvalue weighted by atomic mass is 9.96. The van der Waals surface area contributed by atoms with Gasteiger partial charge in [-0.15, -0.1) is 6.58 Å².